The lowest BCUT2D eigenvalue weighted by Crippen LogP contribution is -2.20. The lowest BCUT2D eigenvalue weighted by molar-refractivity contribution is 0.0504. The number of benzene rings is 1. The van der Waals surface area contributed by atoms with Gasteiger partial charge in [0.2, 0.25) is 0 Å². The Balaban J connectivity index is 3.23. The van der Waals surface area contributed by atoms with Crippen LogP contribution in [0.1, 0.15) is 25.8 Å². The number of rotatable bonds is 3. The Morgan fingerprint density at radius 3 is 2.64 bits per heavy atom. The normalized spacial score (nSPS) is 15.2. The van der Waals surface area contributed by atoms with Crippen LogP contribution in [0.15, 0.2) is 23.1 Å². The molecule has 0 radical (unpaired) electrons. The van der Waals surface area contributed by atoms with Crippen LogP contribution in [0, 0.1) is 0 Å². The summed E-state index contributed by atoms with van der Waals surface area (Å²) in [4.78, 5) is 1.08. The van der Waals surface area contributed by atoms with Gasteiger partial charge < -0.3 is 5.11 Å². The van der Waals surface area contributed by atoms with Gasteiger partial charge in [-0.25, -0.2) is 0 Å². The van der Waals surface area contributed by atoms with Crippen molar-refractivity contribution in [2.75, 3.05) is 6.26 Å². The van der Waals surface area contributed by atoms with Gasteiger partial charge in [-0.15, -0.1) is 11.8 Å². The van der Waals surface area contributed by atoms with E-state index in [9.17, 15) is 5.11 Å². The van der Waals surface area contributed by atoms with E-state index < -0.39 is 5.60 Å². The first-order valence-electron chi connectivity index (χ1n) is 4.57. The summed E-state index contributed by atoms with van der Waals surface area (Å²) in [6.07, 6.45) is 2.68. The van der Waals surface area contributed by atoms with Crippen molar-refractivity contribution < 1.29 is 5.11 Å². The third-order valence-corrected chi connectivity index (χ3v) is 3.46. The molecular weight excluding hydrogens is 216 g/mol. The zero-order valence-electron chi connectivity index (χ0n) is 8.67. The molecule has 1 N–H and O–H groups in total. The number of hydrogen-bond acceptors (Lipinski definition) is 2. The highest BCUT2D eigenvalue weighted by molar-refractivity contribution is 7.98. The van der Waals surface area contributed by atoms with E-state index >= 15 is 0 Å². The van der Waals surface area contributed by atoms with E-state index in [1.165, 1.54) is 0 Å². The molecule has 0 aliphatic heterocycles. The van der Waals surface area contributed by atoms with Gasteiger partial charge in [0, 0.05) is 9.92 Å². The van der Waals surface area contributed by atoms with Crippen LogP contribution < -0.4 is 0 Å². The van der Waals surface area contributed by atoms with Gasteiger partial charge >= 0.3 is 0 Å². The van der Waals surface area contributed by atoms with Crippen LogP contribution in [-0.4, -0.2) is 11.4 Å². The summed E-state index contributed by atoms with van der Waals surface area (Å²) in [5.41, 5.74) is 0.128. The zero-order chi connectivity index (χ0) is 10.8. The molecule has 0 aliphatic rings. The Labute approximate surface area is 94.5 Å². The number of hydrogen-bond donors (Lipinski definition) is 1. The van der Waals surface area contributed by atoms with Crippen molar-refractivity contribution in [3.05, 3.63) is 28.8 Å². The summed E-state index contributed by atoms with van der Waals surface area (Å²) in [6, 6.07) is 5.64. The maximum Gasteiger partial charge on any atom is 0.0877 e. The SMILES string of the molecule is CCC(C)(O)c1cc(Cl)ccc1SC. The zero-order valence-corrected chi connectivity index (χ0v) is 10.2. The third kappa shape index (κ3) is 2.44. The molecule has 0 aliphatic carbocycles. The van der Waals surface area contributed by atoms with E-state index in [2.05, 4.69) is 0 Å². The smallest absolute Gasteiger partial charge is 0.0877 e. The standard InChI is InChI=1S/C11H15ClOS/c1-4-11(2,13)9-7-8(12)5-6-10(9)14-3/h5-7,13H,4H2,1-3H3. The number of thioether (sulfide) groups is 1. The molecule has 0 heterocycles. The quantitative estimate of drug-likeness (QED) is 0.800. The predicted octanol–water partition coefficient (Wildman–Crippen LogP) is 3.68. The topological polar surface area (TPSA) is 20.2 Å². The monoisotopic (exact) mass is 230 g/mol. The minimum Gasteiger partial charge on any atom is -0.385 e. The fourth-order valence-electron chi connectivity index (χ4n) is 1.29. The second kappa shape index (κ2) is 4.56. The van der Waals surface area contributed by atoms with Gasteiger partial charge in [-0.3, -0.25) is 0 Å². The maximum absolute atomic E-state index is 10.2. The Morgan fingerprint density at radius 2 is 2.14 bits per heavy atom. The van der Waals surface area contributed by atoms with Crippen molar-refractivity contribution in [2.24, 2.45) is 0 Å². The summed E-state index contributed by atoms with van der Waals surface area (Å²) in [5, 5.41) is 10.8. The van der Waals surface area contributed by atoms with Crippen molar-refractivity contribution in [3.8, 4) is 0 Å². The first-order chi connectivity index (χ1) is 6.51. The van der Waals surface area contributed by atoms with Crippen molar-refractivity contribution in [2.45, 2.75) is 30.8 Å². The van der Waals surface area contributed by atoms with E-state index in [-0.39, 0.29) is 0 Å². The Kier molecular flexibility index (Phi) is 3.87. The first kappa shape index (κ1) is 11.9. The van der Waals surface area contributed by atoms with Gasteiger partial charge in [-0.05, 0) is 43.4 Å². The molecule has 0 aromatic heterocycles. The minimum absolute atomic E-state index is 0.673. The molecule has 1 rings (SSSR count). The van der Waals surface area contributed by atoms with Crippen molar-refractivity contribution in [1.29, 1.82) is 0 Å². The van der Waals surface area contributed by atoms with E-state index in [1.807, 2.05) is 38.3 Å². The molecule has 3 heteroatoms. The minimum atomic E-state index is -0.788. The Bertz CT molecular complexity index is 323. The molecule has 1 aromatic rings. The lowest BCUT2D eigenvalue weighted by atomic mass is 9.93. The van der Waals surface area contributed by atoms with Crippen LogP contribution in [0.25, 0.3) is 0 Å². The molecule has 0 saturated carbocycles. The largest absolute Gasteiger partial charge is 0.385 e. The third-order valence-electron chi connectivity index (χ3n) is 2.43. The van der Waals surface area contributed by atoms with E-state index in [4.69, 9.17) is 11.6 Å². The predicted molar refractivity (Wildman–Crippen MR) is 63.1 cm³/mol. The van der Waals surface area contributed by atoms with Crippen LogP contribution in [0.3, 0.4) is 0 Å². The summed E-state index contributed by atoms with van der Waals surface area (Å²) in [6.45, 7) is 3.78. The van der Waals surface area contributed by atoms with Gasteiger partial charge in [0.15, 0.2) is 0 Å². The molecule has 0 amide bonds. The fraction of sp³-hybridized carbons (Fsp3) is 0.455. The molecule has 1 nitrogen and oxygen atoms in total. The summed E-state index contributed by atoms with van der Waals surface area (Å²) in [5.74, 6) is 0. The molecular formula is C11H15ClOS. The molecule has 0 fully saturated rings. The highest BCUT2D eigenvalue weighted by Gasteiger charge is 2.23. The second-order valence-corrected chi connectivity index (χ2v) is 4.76. The van der Waals surface area contributed by atoms with Gasteiger partial charge in [0.05, 0.1) is 5.60 Å². The van der Waals surface area contributed by atoms with Gasteiger partial charge in [-0.2, -0.15) is 0 Å². The molecule has 1 aromatic carbocycles. The molecule has 0 bridgehead atoms. The second-order valence-electron chi connectivity index (χ2n) is 3.47. The highest BCUT2D eigenvalue weighted by atomic mass is 35.5. The van der Waals surface area contributed by atoms with Gasteiger partial charge in [0.1, 0.15) is 0 Å². The van der Waals surface area contributed by atoms with Crippen LogP contribution in [0.5, 0.6) is 0 Å². The molecule has 0 saturated heterocycles. The number of halogens is 1. The Morgan fingerprint density at radius 1 is 1.50 bits per heavy atom. The maximum atomic E-state index is 10.2. The molecule has 1 unspecified atom stereocenters. The van der Waals surface area contributed by atoms with Crippen LogP contribution >= 0.6 is 23.4 Å². The van der Waals surface area contributed by atoms with Crippen molar-refractivity contribution in [1.82, 2.24) is 0 Å². The fourth-order valence-corrected chi connectivity index (χ4v) is 2.17. The van der Waals surface area contributed by atoms with Gasteiger partial charge in [0.25, 0.3) is 0 Å². The molecule has 1 atom stereocenters. The molecule has 0 spiro atoms. The van der Waals surface area contributed by atoms with Crippen LogP contribution in [0.4, 0.5) is 0 Å². The average Bonchev–Trinajstić information content (AvgIpc) is 2.18. The average molecular weight is 231 g/mol. The Hall–Kier alpha value is -0.180. The lowest BCUT2D eigenvalue weighted by Gasteiger charge is -2.24. The number of aliphatic hydroxyl groups is 1. The molecule has 78 valence electrons. The van der Waals surface area contributed by atoms with E-state index in [0.29, 0.717) is 11.4 Å². The van der Waals surface area contributed by atoms with Crippen molar-refractivity contribution >= 4 is 23.4 Å². The molecule has 14 heavy (non-hydrogen) atoms. The van der Waals surface area contributed by atoms with Crippen LogP contribution in [0.2, 0.25) is 5.02 Å². The van der Waals surface area contributed by atoms with Crippen LogP contribution in [-0.2, 0) is 5.60 Å². The highest BCUT2D eigenvalue weighted by Crippen LogP contribution is 2.34. The summed E-state index contributed by atoms with van der Waals surface area (Å²) >= 11 is 7.54. The summed E-state index contributed by atoms with van der Waals surface area (Å²) in [7, 11) is 0. The first-order valence-corrected chi connectivity index (χ1v) is 6.18. The van der Waals surface area contributed by atoms with Crippen molar-refractivity contribution in [3.63, 3.8) is 0 Å². The van der Waals surface area contributed by atoms with E-state index in [1.54, 1.807) is 11.8 Å². The van der Waals surface area contributed by atoms with E-state index in [0.717, 1.165) is 10.5 Å². The van der Waals surface area contributed by atoms with Gasteiger partial charge in [-0.1, -0.05) is 18.5 Å². The summed E-state index contributed by atoms with van der Waals surface area (Å²) < 4.78 is 0.